The van der Waals surface area contributed by atoms with Gasteiger partial charge >= 0.3 is 12.1 Å². The van der Waals surface area contributed by atoms with Crippen LogP contribution in [-0.2, 0) is 11.3 Å². The summed E-state index contributed by atoms with van der Waals surface area (Å²) in [5.74, 6) is -2.52. The molecular weight excluding hydrogens is 266 g/mol. The first-order valence-electron chi connectivity index (χ1n) is 5.38. The summed E-state index contributed by atoms with van der Waals surface area (Å²) in [5.41, 5.74) is -2.20. The van der Waals surface area contributed by atoms with Crippen LogP contribution in [0.3, 0.4) is 0 Å². The van der Waals surface area contributed by atoms with E-state index in [1.807, 2.05) is 5.32 Å². The number of benzene rings is 1. The zero-order chi connectivity index (χ0) is 14.8. The molecule has 1 aromatic rings. The lowest BCUT2D eigenvalue weighted by molar-refractivity contribution is -0.206. The summed E-state index contributed by atoms with van der Waals surface area (Å²) in [6, 6.07) is 3.59. The van der Waals surface area contributed by atoms with Gasteiger partial charge in [0.25, 0.3) is 0 Å². The van der Waals surface area contributed by atoms with Crippen LogP contribution in [-0.4, -0.2) is 22.8 Å². The van der Waals surface area contributed by atoms with E-state index in [1.165, 1.54) is 19.1 Å². The van der Waals surface area contributed by atoms with Gasteiger partial charge in [0.05, 0.1) is 0 Å². The lowest BCUT2D eigenvalue weighted by Gasteiger charge is -2.29. The van der Waals surface area contributed by atoms with Crippen LogP contribution in [0.15, 0.2) is 18.2 Å². The fourth-order valence-electron chi connectivity index (χ4n) is 1.43. The summed E-state index contributed by atoms with van der Waals surface area (Å²) in [6.07, 6.45) is -4.94. The molecule has 1 rings (SSSR count). The Labute approximate surface area is 107 Å². The van der Waals surface area contributed by atoms with Crippen molar-refractivity contribution in [3.63, 3.8) is 0 Å². The minimum atomic E-state index is -4.94. The van der Waals surface area contributed by atoms with E-state index < -0.39 is 23.5 Å². The molecule has 0 aliphatic carbocycles. The molecule has 1 unspecified atom stereocenters. The first-order chi connectivity index (χ1) is 8.58. The molecule has 0 amide bonds. The molecule has 0 aliphatic heterocycles. The minimum Gasteiger partial charge on any atom is -0.480 e. The van der Waals surface area contributed by atoms with Crippen molar-refractivity contribution in [1.29, 1.82) is 0 Å². The summed E-state index contributed by atoms with van der Waals surface area (Å²) in [7, 11) is 0. The van der Waals surface area contributed by atoms with Crippen molar-refractivity contribution in [2.45, 2.75) is 32.1 Å². The number of carboxylic acid groups (broad SMARTS) is 1. The van der Waals surface area contributed by atoms with E-state index in [9.17, 15) is 22.4 Å². The molecule has 0 bridgehead atoms. The average Bonchev–Trinajstić information content (AvgIpc) is 2.25. The number of hydrogen-bond acceptors (Lipinski definition) is 2. The molecule has 0 aliphatic rings. The van der Waals surface area contributed by atoms with Crippen molar-refractivity contribution in [3.05, 3.63) is 35.1 Å². The van der Waals surface area contributed by atoms with Crippen molar-refractivity contribution >= 4 is 5.97 Å². The number of halogens is 4. The van der Waals surface area contributed by atoms with Gasteiger partial charge in [0.15, 0.2) is 0 Å². The van der Waals surface area contributed by atoms with E-state index in [0.29, 0.717) is 18.1 Å². The highest BCUT2D eigenvalue weighted by Gasteiger charge is 2.57. The second kappa shape index (κ2) is 5.16. The standard InChI is InChI=1S/C12H13F4NO2/c1-7-5-9(13)4-3-8(7)6-17-11(2,10(18)19)12(14,15)16/h3-5,17H,6H2,1-2H3,(H,18,19). The summed E-state index contributed by atoms with van der Waals surface area (Å²) in [6.45, 7) is 1.76. The van der Waals surface area contributed by atoms with Gasteiger partial charge in [0.2, 0.25) is 5.54 Å². The number of rotatable bonds is 4. The smallest absolute Gasteiger partial charge is 0.417 e. The first kappa shape index (κ1) is 15.4. The van der Waals surface area contributed by atoms with Crippen LogP contribution in [0.25, 0.3) is 0 Å². The number of nitrogens with one attached hydrogen (secondary N) is 1. The molecule has 3 nitrogen and oxygen atoms in total. The molecule has 0 aromatic heterocycles. The lowest BCUT2D eigenvalue weighted by Crippen LogP contribution is -2.59. The number of alkyl halides is 3. The molecule has 2 N–H and O–H groups in total. The Bertz CT molecular complexity index is 487. The molecule has 1 atom stereocenters. The van der Waals surface area contributed by atoms with Crippen molar-refractivity contribution in [3.8, 4) is 0 Å². The van der Waals surface area contributed by atoms with Gasteiger partial charge < -0.3 is 5.11 Å². The fraction of sp³-hybridized carbons (Fsp3) is 0.417. The van der Waals surface area contributed by atoms with Crippen LogP contribution >= 0.6 is 0 Å². The Hall–Kier alpha value is -1.63. The SMILES string of the molecule is Cc1cc(F)ccc1CNC(C)(C(=O)O)C(F)(F)F. The van der Waals surface area contributed by atoms with E-state index in [4.69, 9.17) is 5.11 Å². The van der Waals surface area contributed by atoms with Gasteiger partial charge in [0.1, 0.15) is 5.82 Å². The van der Waals surface area contributed by atoms with Gasteiger partial charge in [-0.25, -0.2) is 9.18 Å². The van der Waals surface area contributed by atoms with Crippen LogP contribution in [0.2, 0.25) is 0 Å². The normalized spacial score (nSPS) is 15.1. The quantitative estimate of drug-likeness (QED) is 0.833. The van der Waals surface area contributed by atoms with Crippen LogP contribution in [0.1, 0.15) is 18.1 Å². The second-order valence-corrected chi connectivity index (χ2v) is 4.35. The summed E-state index contributed by atoms with van der Waals surface area (Å²) < 4.78 is 51.0. The first-order valence-corrected chi connectivity index (χ1v) is 5.38. The maximum absolute atomic E-state index is 12.8. The molecule has 0 heterocycles. The summed E-state index contributed by atoms with van der Waals surface area (Å²) in [4.78, 5) is 10.8. The number of hydrogen-bond donors (Lipinski definition) is 2. The Balaban J connectivity index is 2.92. The van der Waals surface area contributed by atoms with Crippen molar-refractivity contribution in [2.75, 3.05) is 0 Å². The molecule has 1 aromatic carbocycles. The van der Waals surface area contributed by atoms with Crippen molar-refractivity contribution in [1.82, 2.24) is 5.32 Å². The lowest BCUT2D eigenvalue weighted by atomic mass is 10.0. The van der Waals surface area contributed by atoms with Gasteiger partial charge in [-0.3, -0.25) is 5.32 Å². The van der Waals surface area contributed by atoms with E-state index in [0.717, 1.165) is 6.07 Å². The van der Waals surface area contributed by atoms with Gasteiger partial charge in [-0.2, -0.15) is 13.2 Å². The maximum Gasteiger partial charge on any atom is 0.417 e. The third kappa shape index (κ3) is 3.23. The molecule has 0 radical (unpaired) electrons. The topological polar surface area (TPSA) is 49.3 Å². The molecule has 0 saturated heterocycles. The molecule has 0 spiro atoms. The van der Waals surface area contributed by atoms with Crippen molar-refractivity contribution < 1.29 is 27.5 Å². The van der Waals surface area contributed by atoms with Crippen molar-refractivity contribution in [2.24, 2.45) is 0 Å². The Kier molecular flexibility index (Phi) is 4.19. The fourth-order valence-corrected chi connectivity index (χ4v) is 1.43. The molecule has 19 heavy (non-hydrogen) atoms. The maximum atomic E-state index is 12.8. The number of carbonyl (C=O) groups is 1. The minimum absolute atomic E-state index is 0.325. The predicted molar refractivity (Wildman–Crippen MR) is 60.1 cm³/mol. The second-order valence-electron chi connectivity index (χ2n) is 4.35. The van der Waals surface area contributed by atoms with Crippen LogP contribution < -0.4 is 5.32 Å². The molecule has 106 valence electrons. The van der Waals surface area contributed by atoms with E-state index >= 15 is 0 Å². The van der Waals surface area contributed by atoms with Gasteiger partial charge in [-0.05, 0) is 37.1 Å². The molecule has 7 heteroatoms. The molecule has 0 fully saturated rings. The van der Waals surface area contributed by atoms with Crippen LogP contribution in [0.4, 0.5) is 17.6 Å². The highest BCUT2D eigenvalue weighted by molar-refractivity contribution is 5.79. The monoisotopic (exact) mass is 279 g/mol. The number of carboxylic acids is 1. The number of aryl methyl sites for hydroxylation is 1. The largest absolute Gasteiger partial charge is 0.480 e. The van der Waals surface area contributed by atoms with E-state index in [-0.39, 0.29) is 6.54 Å². The highest BCUT2D eigenvalue weighted by Crippen LogP contribution is 2.30. The Morgan fingerprint density at radius 1 is 1.37 bits per heavy atom. The van der Waals surface area contributed by atoms with E-state index in [1.54, 1.807) is 0 Å². The molecular formula is C12H13F4NO2. The zero-order valence-electron chi connectivity index (χ0n) is 10.3. The zero-order valence-corrected chi connectivity index (χ0v) is 10.3. The summed E-state index contributed by atoms with van der Waals surface area (Å²) >= 11 is 0. The Morgan fingerprint density at radius 3 is 2.37 bits per heavy atom. The van der Waals surface area contributed by atoms with Crippen LogP contribution in [0.5, 0.6) is 0 Å². The van der Waals surface area contributed by atoms with Gasteiger partial charge in [-0.15, -0.1) is 0 Å². The molecule has 0 saturated carbocycles. The van der Waals surface area contributed by atoms with Gasteiger partial charge in [-0.1, -0.05) is 6.07 Å². The summed E-state index contributed by atoms with van der Waals surface area (Å²) in [5, 5.41) is 10.7. The number of aliphatic carboxylic acids is 1. The average molecular weight is 279 g/mol. The van der Waals surface area contributed by atoms with Crippen LogP contribution in [0, 0.1) is 12.7 Å². The third-order valence-corrected chi connectivity index (χ3v) is 2.93. The predicted octanol–water partition coefficient (Wildman–Crippen LogP) is 2.63. The van der Waals surface area contributed by atoms with Gasteiger partial charge in [0, 0.05) is 6.54 Å². The third-order valence-electron chi connectivity index (χ3n) is 2.93. The van der Waals surface area contributed by atoms with E-state index in [2.05, 4.69) is 0 Å². The highest BCUT2D eigenvalue weighted by atomic mass is 19.4. The Morgan fingerprint density at radius 2 is 1.95 bits per heavy atom.